The van der Waals surface area contributed by atoms with Crippen LogP contribution in [0.3, 0.4) is 0 Å². The summed E-state index contributed by atoms with van der Waals surface area (Å²) in [6.45, 7) is 9.95. The molecule has 1 aromatic carbocycles. The van der Waals surface area contributed by atoms with E-state index >= 15 is 0 Å². The number of hydrogen-bond acceptors (Lipinski definition) is 1. The molecule has 0 aliphatic rings. The van der Waals surface area contributed by atoms with E-state index in [1.54, 1.807) is 0 Å². The molecule has 17 heavy (non-hydrogen) atoms. The topological polar surface area (TPSA) is 12.0 Å². The molecule has 0 spiro atoms. The van der Waals surface area contributed by atoms with Gasteiger partial charge in [0, 0.05) is 12.6 Å². The summed E-state index contributed by atoms with van der Waals surface area (Å²) in [7, 11) is 0. The van der Waals surface area contributed by atoms with Gasteiger partial charge in [-0.25, -0.2) is 0 Å². The highest BCUT2D eigenvalue weighted by atomic mass is 35.5. The number of rotatable bonds is 6. The van der Waals surface area contributed by atoms with Gasteiger partial charge < -0.3 is 5.32 Å². The van der Waals surface area contributed by atoms with E-state index in [1.165, 1.54) is 24.0 Å². The Morgan fingerprint density at radius 2 is 1.53 bits per heavy atom. The lowest BCUT2D eigenvalue weighted by atomic mass is 10.0. The summed E-state index contributed by atoms with van der Waals surface area (Å²) in [4.78, 5) is 0. The minimum Gasteiger partial charge on any atom is -0.310 e. The van der Waals surface area contributed by atoms with E-state index in [0.717, 1.165) is 12.5 Å². The van der Waals surface area contributed by atoms with E-state index in [1.807, 2.05) is 0 Å². The smallest absolute Gasteiger partial charge is 0.0207 e. The van der Waals surface area contributed by atoms with Crippen LogP contribution in [0.15, 0.2) is 24.3 Å². The SMILES string of the molecule is CCC(C)NCc1ccc(CC(C)C)cc1.Cl. The Bertz CT molecular complexity index is 292. The van der Waals surface area contributed by atoms with Crippen LogP contribution >= 0.6 is 12.4 Å². The molecule has 0 aromatic heterocycles. The van der Waals surface area contributed by atoms with Crippen molar-refractivity contribution in [1.29, 1.82) is 0 Å². The largest absolute Gasteiger partial charge is 0.310 e. The van der Waals surface area contributed by atoms with E-state index in [-0.39, 0.29) is 12.4 Å². The van der Waals surface area contributed by atoms with Gasteiger partial charge in [0.05, 0.1) is 0 Å². The lowest BCUT2D eigenvalue weighted by Gasteiger charge is -2.11. The zero-order valence-corrected chi connectivity index (χ0v) is 12.3. The lowest BCUT2D eigenvalue weighted by molar-refractivity contribution is 0.534. The molecule has 0 fully saturated rings. The average Bonchev–Trinajstić information content (AvgIpc) is 2.27. The summed E-state index contributed by atoms with van der Waals surface area (Å²) in [6, 6.07) is 9.61. The molecule has 0 radical (unpaired) electrons. The first-order valence-corrected chi connectivity index (χ1v) is 6.43. The van der Waals surface area contributed by atoms with E-state index in [4.69, 9.17) is 0 Å². The molecule has 2 heteroatoms. The maximum atomic E-state index is 3.51. The van der Waals surface area contributed by atoms with E-state index < -0.39 is 0 Å². The van der Waals surface area contributed by atoms with Crippen molar-refractivity contribution >= 4 is 12.4 Å². The molecule has 0 amide bonds. The molecule has 1 atom stereocenters. The van der Waals surface area contributed by atoms with Crippen molar-refractivity contribution in [3.8, 4) is 0 Å². The second-order valence-corrected chi connectivity index (χ2v) is 5.10. The number of hydrogen-bond donors (Lipinski definition) is 1. The van der Waals surface area contributed by atoms with Crippen LogP contribution in [-0.4, -0.2) is 6.04 Å². The molecule has 1 N–H and O–H groups in total. The molecule has 1 unspecified atom stereocenters. The molecule has 0 bridgehead atoms. The first-order valence-electron chi connectivity index (χ1n) is 6.43. The van der Waals surface area contributed by atoms with Crippen LogP contribution in [0.1, 0.15) is 45.2 Å². The highest BCUT2D eigenvalue weighted by molar-refractivity contribution is 5.85. The Morgan fingerprint density at radius 3 is 2.00 bits per heavy atom. The molecule has 0 saturated heterocycles. The van der Waals surface area contributed by atoms with Gasteiger partial charge in [0.1, 0.15) is 0 Å². The van der Waals surface area contributed by atoms with Crippen molar-refractivity contribution in [1.82, 2.24) is 5.32 Å². The van der Waals surface area contributed by atoms with Gasteiger partial charge in [0.25, 0.3) is 0 Å². The van der Waals surface area contributed by atoms with Gasteiger partial charge in [-0.2, -0.15) is 0 Å². The van der Waals surface area contributed by atoms with Crippen LogP contribution in [0.25, 0.3) is 0 Å². The molecular weight excluding hydrogens is 230 g/mol. The molecule has 0 saturated carbocycles. The van der Waals surface area contributed by atoms with E-state index in [9.17, 15) is 0 Å². The van der Waals surface area contributed by atoms with Gasteiger partial charge in [-0.3, -0.25) is 0 Å². The highest BCUT2D eigenvalue weighted by Gasteiger charge is 2.00. The molecule has 0 aliphatic carbocycles. The Morgan fingerprint density at radius 1 is 1.00 bits per heavy atom. The van der Waals surface area contributed by atoms with Gasteiger partial charge in [-0.05, 0) is 36.8 Å². The molecule has 0 aliphatic heterocycles. The van der Waals surface area contributed by atoms with Gasteiger partial charge in [-0.1, -0.05) is 45.0 Å². The Hall–Kier alpha value is -0.530. The zero-order chi connectivity index (χ0) is 12.0. The minimum atomic E-state index is 0. The van der Waals surface area contributed by atoms with Gasteiger partial charge in [-0.15, -0.1) is 12.4 Å². The average molecular weight is 256 g/mol. The normalized spacial score (nSPS) is 12.3. The molecule has 1 rings (SSSR count). The fourth-order valence-corrected chi connectivity index (χ4v) is 1.70. The van der Waals surface area contributed by atoms with Gasteiger partial charge in [0.15, 0.2) is 0 Å². The van der Waals surface area contributed by atoms with Crippen molar-refractivity contribution in [2.75, 3.05) is 0 Å². The first-order chi connectivity index (χ1) is 7.61. The number of benzene rings is 1. The lowest BCUT2D eigenvalue weighted by Crippen LogP contribution is -2.24. The third kappa shape index (κ3) is 6.70. The minimum absolute atomic E-state index is 0. The van der Waals surface area contributed by atoms with Crippen LogP contribution in [0.4, 0.5) is 0 Å². The Balaban J connectivity index is 0.00000256. The monoisotopic (exact) mass is 255 g/mol. The number of halogens is 1. The summed E-state index contributed by atoms with van der Waals surface area (Å²) in [5.41, 5.74) is 2.83. The molecule has 0 heterocycles. The van der Waals surface area contributed by atoms with Gasteiger partial charge >= 0.3 is 0 Å². The molecule has 1 aromatic rings. The Kier molecular flexibility index (Phi) is 8.28. The predicted molar refractivity (Wildman–Crippen MR) is 78.8 cm³/mol. The third-order valence-electron chi connectivity index (χ3n) is 2.93. The summed E-state index contributed by atoms with van der Waals surface area (Å²) in [5, 5.41) is 3.51. The third-order valence-corrected chi connectivity index (χ3v) is 2.93. The van der Waals surface area contributed by atoms with Crippen molar-refractivity contribution in [2.24, 2.45) is 5.92 Å². The first kappa shape index (κ1) is 16.5. The predicted octanol–water partition coefficient (Wildman–Crippen LogP) is 4.20. The molecular formula is C15H26ClN. The van der Waals surface area contributed by atoms with Crippen LogP contribution in [-0.2, 0) is 13.0 Å². The van der Waals surface area contributed by atoms with Crippen LogP contribution in [0.2, 0.25) is 0 Å². The second-order valence-electron chi connectivity index (χ2n) is 5.10. The second kappa shape index (κ2) is 8.54. The van der Waals surface area contributed by atoms with Crippen LogP contribution in [0.5, 0.6) is 0 Å². The summed E-state index contributed by atoms with van der Waals surface area (Å²) in [5.74, 6) is 0.740. The summed E-state index contributed by atoms with van der Waals surface area (Å²) < 4.78 is 0. The van der Waals surface area contributed by atoms with Crippen LogP contribution in [0, 0.1) is 5.92 Å². The number of nitrogens with one attached hydrogen (secondary N) is 1. The summed E-state index contributed by atoms with van der Waals surface area (Å²) >= 11 is 0. The van der Waals surface area contributed by atoms with Crippen LogP contribution < -0.4 is 5.32 Å². The van der Waals surface area contributed by atoms with E-state index in [0.29, 0.717) is 6.04 Å². The molecule has 1 nitrogen and oxygen atoms in total. The van der Waals surface area contributed by atoms with E-state index in [2.05, 4.69) is 57.3 Å². The van der Waals surface area contributed by atoms with Crippen molar-refractivity contribution in [3.05, 3.63) is 35.4 Å². The van der Waals surface area contributed by atoms with Crippen molar-refractivity contribution in [2.45, 2.75) is 53.1 Å². The quantitative estimate of drug-likeness (QED) is 0.804. The maximum absolute atomic E-state index is 3.51. The zero-order valence-electron chi connectivity index (χ0n) is 11.5. The maximum Gasteiger partial charge on any atom is 0.0207 e. The standard InChI is InChI=1S/C15H25N.ClH/c1-5-13(4)16-11-15-8-6-14(7-9-15)10-12(2)3;/h6-9,12-13,16H,5,10-11H2,1-4H3;1H. The fourth-order valence-electron chi connectivity index (χ4n) is 1.70. The van der Waals surface area contributed by atoms with Crippen molar-refractivity contribution < 1.29 is 0 Å². The van der Waals surface area contributed by atoms with Gasteiger partial charge in [0.2, 0.25) is 0 Å². The Labute approximate surface area is 112 Å². The highest BCUT2D eigenvalue weighted by Crippen LogP contribution is 2.09. The molecule has 98 valence electrons. The fraction of sp³-hybridized carbons (Fsp3) is 0.600. The summed E-state index contributed by atoms with van der Waals surface area (Å²) in [6.07, 6.45) is 2.37. The van der Waals surface area contributed by atoms with Crippen molar-refractivity contribution in [3.63, 3.8) is 0 Å².